The molecule has 2 aromatic carbocycles. The largest absolute Gasteiger partial charge is 0.497 e. The predicted octanol–water partition coefficient (Wildman–Crippen LogP) is 3.68. The highest BCUT2D eigenvalue weighted by molar-refractivity contribution is 6.03. The molecule has 4 rings (SSSR count). The van der Waals surface area contributed by atoms with Gasteiger partial charge in [-0.05, 0) is 32.0 Å². The van der Waals surface area contributed by atoms with Gasteiger partial charge in [-0.15, -0.1) is 10.2 Å². The van der Waals surface area contributed by atoms with E-state index >= 15 is 0 Å². The first-order valence-electron chi connectivity index (χ1n) is 9.35. The van der Waals surface area contributed by atoms with Crippen LogP contribution in [0.15, 0.2) is 48.5 Å². The summed E-state index contributed by atoms with van der Waals surface area (Å²) in [6.45, 7) is 3.69. The highest BCUT2D eigenvalue weighted by atomic mass is 16.5. The molecule has 8 heteroatoms. The molecule has 4 aromatic rings. The van der Waals surface area contributed by atoms with Crippen molar-refractivity contribution in [3.63, 3.8) is 0 Å². The Hall–Kier alpha value is -3.94. The number of methoxy groups -OCH3 is 2. The number of carbonyl (C=O) groups excluding carboxylic acids is 1. The van der Waals surface area contributed by atoms with E-state index in [4.69, 9.17) is 9.47 Å². The number of ether oxygens (including phenoxy) is 2. The highest BCUT2D eigenvalue weighted by Crippen LogP contribution is 2.34. The van der Waals surface area contributed by atoms with Crippen LogP contribution >= 0.6 is 0 Å². The van der Waals surface area contributed by atoms with E-state index in [-0.39, 0.29) is 11.6 Å². The van der Waals surface area contributed by atoms with E-state index in [0.29, 0.717) is 22.8 Å². The van der Waals surface area contributed by atoms with Gasteiger partial charge in [0, 0.05) is 17.3 Å². The summed E-state index contributed by atoms with van der Waals surface area (Å²) in [7, 11) is 3.20. The van der Waals surface area contributed by atoms with Crippen molar-refractivity contribution in [2.45, 2.75) is 13.8 Å². The van der Waals surface area contributed by atoms with Crippen molar-refractivity contribution < 1.29 is 14.3 Å². The third-order valence-electron chi connectivity index (χ3n) is 4.86. The van der Waals surface area contributed by atoms with Crippen LogP contribution in [0.4, 0.5) is 5.69 Å². The standard InChI is InChI=1S/C22H21N5O3/c1-13-19(17-10-5-6-11-18(17)30-4)21-25-24-20(14(2)27(21)26-13)22(28)23-15-8-7-9-16(12-15)29-3/h5-12H,1-4H3,(H,23,28). The summed E-state index contributed by atoms with van der Waals surface area (Å²) in [5.74, 6) is 0.993. The average molecular weight is 403 g/mol. The Kier molecular flexibility index (Phi) is 5.05. The second-order valence-corrected chi connectivity index (χ2v) is 6.72. The molecular weight excluding hydrogens is 382 g/mol. The van der Waals surface area contributed by atoms with Gasteiger partial charge in [0.25, 0.3) is 5.91 Å². The van der Waals surface area contributed by atoms with Gasteiger partial charge in [-0.1, -0.05) is 24.3 Å². The number of rotatable bonds is 5. The van der Waals surface area contributed by atoms with Crippen LogP contribution in [0.1, 0.15) is 21.9 Å². The van der Waals surface area contributed by atoms with Crippen molar-refractivity contribution in [1.82, 2.24) is 19.8 Å². The fraction of sp³-hybridized carbons (Fsp3) is 0.182. The molecule has 0 fully saturated rings. The number of benzene rings is 2. The maximum Gasteiger partial charge on any atom is 0.278 e. The zero-order chi connectivity index (χ0) is 21.3. The monoisotopic (exact) mass is 403 g/mol. The minimum absolute atomic E-state index is 0.194. The van der Waals surface area contributed by atoms with Crippen molar-refractivity contribution in [2.75, 3.05) is 19.5 Å². The van der Waals surface area contributed by atoms with Gasteiger partial charge in [0.1, 0.15) is 11.5 Å². The molecule has 0 saturated carbocycles. The van der Waals surface area contributed by atoms with Crippen LogP contribution in [-0.4, -0.2) is 39.9 Å². The molecule has 0 atom stereocenters. The number of carbonyl (C=O) groups is 1. The number of hydrogen-bond donors (Lipinski definition) is 1. The number of amides is 1. The molecule has 0 aliphatic heterocycles. The summed E-state index contributed by atoms with van der Waals surface area (Å²) in [4.78, 5) is 12.8. The Bertz CT molecular complexity index is 1250. The smallest absolute Gasteiger partial charge is 0.278 e. The van der Waals surface area contributed by atoms with Crippen LogP contribution in [0.25, 0.3) is 16.8 Å². The molecule has 8 nitrogen and oxygen atoms in total. The lowest BCUT2D eigenvalue weighted by molar-refractivity contribution is 0.102. The summed E-state index contributed by atoms with van der Waals surface area (Å²) < 4.78 is 12.3. The summed E-state index contributed by atoms with van der Waals surface area (Å²) in [6.07, 6.45) is 0. The number of para-hydroxylation sites is 1. The van der Waals surface area contributed by atoms with E-state index in [2.05, 4.69) is 20.6 Å². The molecule has 0 bridgehead atoms. The van der Waals surface area contributed by atoms with E-state index in [1.165, 1.54) is 0 Å². The van der Waals surface area contributed by atoms with E-state index < -0.39 is 0 Å². The van der Waals surface area contributed by atoms with E-state index in [9.17, 15) is 4.79 Å². The summed E-state index contributed by atoms with van der Waals surface area (Å²) in [5, 5.41) is 16.0. The molecule has 2 aromatic heterocycles. The molecular formula is C22H21N5O3. The first-order chi connectivity index (χ1) is 14.5. The van der Waals surface area contributed by atoms with Gasteiger partial charge < -0.3 is 14.8 Å². The molecule has 0 unspecified atom stereocenters. The fourth-order valence-corrected chi connectivity index (χ4v) is 3.38. The lowest BCUT2D eigenvalue weighted by Crippen LogP contribution is -2.18. The first kappa shape index (κ1) is 19.4. The number of hydrogen-bond acceptors (Lipinski definition) is 6. The number of nitrogens with one attached hydrogen (secondary N) is 1. The van der Waals surface area contributed by atoms with E-state index in [0.717, 1.165) is 22.6 Å². The Morgan fingerprint density at radius 2 is 1.80 bits per heavy atom. The topological polar surface area (TPSA) is 90.6 Å². The van der Waals surface area contributed by atoms with Crippen LogP contribution in [0.5, 0.6) is 11.5 Å². The summed E-state index contributed by atoms with van der Waals surface area (Å²) in [6, 6.07) is 14.8. The quantitative estimate of drug-likeness (QED) is 0.547. The normalized spacial score (nSPS) is 10.8. The number of aryl methyl sites for hydroxylation is 2. The Morgan fingerprint density at radius 1 is 1.00 bits per heavy atom. The van der Waals surface area contributed by atoms with Gasteiger partial charge in [-0.3, -0.25) is 4.79 Å². The SMILES string of the molecule is COc1cccc(NC(=O)c2nnc3c(-c4ccccc4OC)c(C)nn3c2C)c1. The summed E-state index contributed by atoms with van der Waals surface area (Å²) in [5.41, 5.74) is 4.41. The number of nitrogens with zero attached hydrogens (tertiary/aromatic N) is 4. The average Bonchev–Trinajstić information content (AvgIpc) is 3.10. The molecule has 0 aliphatic rings. The molecule has 1 N–H and O–H groups in total. The molecule has 0 saturated heterocycles. The van der Waals surface area contributed by atoms with Crippen LogP contribution in [0, 0.1) is 13.8 Å². The Labute approximate surface area is 173 Å². The Balaban J connectivity index is 1.76. The third-order valence-corrected chi connectivity index (χ3v) is 4.86. The molecule has 2 heterocycles. The highest BCUT2D eigenvalue weighted by Gasteiger charge is 2.22. The van der Waals surface area contributed by atoms with Gasteiger partial charge in [-0.2, -0.15) is 5.10 Å². The molecule has 152 valence electrons. The van der Waals surface area contributed by atoms with Crippen molar-refractivity contribution in [3.05, 3.63) is 65.6 Å². The molecule has 1 amide bonds. The fourth-order valence-electron chi connectivity index (χ4n) is 3.38. The number of anilines is 1. The zero-order valence-corrected chi connectivity index (χ0v) is 17.1. The lowest BCUT2D eigenvalue weighted by Gasteiger charge is -2.09. The minimum atomic E-state index is -0.373. The molecule has 0 radical (unpaired) electrons. The van der Waals surface area contributed by atoms with E-state index in [1.54, 1.807) is 49.9 Å². The zero-order valence-electron chi connectivity index (χ0n) is 17.1. The van der Waals surface area contributed by atoms with Crippen LogP contribution in [0.2, 0.25) is 0 Å². The second-order valence-electron chi connectivity index (χ2n) is 6.72. The lowest BCUT2D eigenvalue weighted by atomic mass is 10.1. The molecule has 30 heavy (non-hydrogen) atoms. The Morgan fingerprint density at radius 3 is 2.57 bits per heavy atom. The van der Waals surface area contributed by atoms with E-state index in [1.807, 2.05) is 31.2 Å². The van der Waals surface area contributed by atoms with Crippen molar-refractivity contribution >= 4 is 17.2 Å². The van der Waals surface area contributed by atoms with Gasteiger partial charge in [-0.25, -0.2) is 4.52 Å². The molecule has 0 spiro atoms. The van der Waals surface area contributed by atoms with Gasteiger partial charge in [0.2, 0.25) is 0 Å². The van der Waals surface area contributed by atoms with Crippen LogP contribution in [-0.2, 0) is 0 Å². The van der Waals surface area contributed by atoms with Crippen molar-refractivity contribution in [1.29, 1.82) is 0 Å². The maximum atomic E-state index is 12.8. The number of aromatic nitrogens is 4. The van der Waals surface area contributed by atoms with Crippen molar-refractivity contribution in [2.24, 2.45) is 0 Å². The first-order valence-corrected chi connectivity index (χ1v) is 9.35. The predicted molar refractivity (Wildman–Crippen MR) is 113 cm³/mol. The van der Waals surface area contributed by atoms with Gasteiger partial charge in [0.05, 0.1) is 31.2 Å². The van der Waals surface area contributed by atoms with Gasteiger partial charge >= 0.3 is 0 Å². The summed E-state index contributed by atoms with van der Waals surface area (Å²) >= 11 is 0. The second kappa shape index (κ2) is 7.82. The van der Waals surface area contributed by atoms with Crippen molar-refractivity contribution in [3.8, 4) is 22.6 Å². The third kappa shape index (κ3) is 3.32. The van der Waals surface area contributed by atoms with Crippen LogP contribution in [0.3, 0.4) is 0 Å². The minimum Gasteiger partial charge on any atom is -0.497 e. The van der Waals surface area contributed by atoms with Crippen LogP contribution < -0.4 is 14.8 Å². The van der Waals surface area contributed by atoms with Gasteiger partial charge in [0.15, 0.2) is 11.3 Å². The number of fused-ring (bicyclic) bond motifs is 1. The molecule has 0 aliphatic carbocycles. The maximum absolute atomic E-state index is 12.8.